The van der Waals surface area contributed by atoms with Crippen LogP contribution in [-0.2, 0) is 68.7 Å². The van der Waals surface area contributed by atoms with Crippen LogP contribution < -0.4 is 111 Å². The van der Waals surface area contributed by atoms with Crippen molar-refractivity contribution in [2.24, 2.45) is 83.0 Å². The maximum atomic E-state index is 14.5. The summed E-state index contributed by atoms with van der Waals surface area (Å²) in [5.74, 6) is -16.0. The first-order valence-corrected chi connectivity index (χ1v) is 28.5. The number of nitrogens with zero attached hydrogens (tertiary/aromatic N) is 5. The number of carboxylic acids is 2. The number of aliphatic carboxylic acids is 2. The maximum absolute atomic E-state index is 14.5. The summed E-state index contributed by atoms with van der Waals surface area (Å²) in [6, 6.07) is -16.3. The van der Waals surface area contributed by atoms with Crippen molar-refractivity contribution in [2.45, 2.75) is 157 Å². The summed E-state index contributed by atoms with van der Waals surface area (Å²) in [6.45, 7) is -0.0368. The molecule has 1 rings (SSSR count). The van der Waals surface area contributed by atoms with E-state index in [4.69, 9.17) is 63.1 Å². The Kier molecular flexibility index (Phi) is 36.5. The topological polar surface area (TPSA) is 755 Å². The van der Waals surface area contributed by atoms with Gasteiger partial charge in [-0.05, 0) is 71.1 Å². The number of imidazole rings is 1. The number of aliphatic hydroxyl groups is 1. The number of rotatable bonds is 46. The minimum absolute atomic E-state index is 0.00273. The van der Waals surface area contributed by atoms with Gasteiger partial charge < -0.3 is 131 Å². The number of carbonyl (C=O) groups excluding carboxylic acids is 11. The van der Waals surface area contributed by atoms with E-state index < -0.39 is 176 Å². The van der Waals surface area contributed by atoms with Crippen LogP contribution >= 0.6 is 0 Å². The van der Waals surface area contributed by atoms with Gasteiger partial charge in [0.15, 0.2) is 23.8 Å². The standard InChI is InChI=1S/C50H88N26O16/c1-23(37(82)74-31(18-24-20-62-22-67-24)44(89)73-30(11-13-35(53)79)43(88)75-32(19-36(80)81)45(90)76-33(21-77)46(91)92)68-39(84)26(7-3-15-64-48(56)57)70-40(85)27(8-4-16-65-49(58)59)71-41(86)28(9-5-17-66-50(60)61)72-42(87)29(10-12-34(52)78)69-38(83)25(51)6-2-14-63-47(54)55/h20,22-23,25-33,77H,2-19,21,51H2,1H3,(H2,52,78)(H2,53,79)(H,62,67)(H,68,84)(H,69,83)(H,70,85)(H,71,86)(H,72,87)(H,73,89)(H,74,82)(H,75,88)(H,76,90)(H,80,81)(H,91,92)(H4,54,55,63)(H4,56,57,64)(H4,58,59,65)(H4,60,61,66)/t23-,25-,26-,27-,28-,29-,30-,31-,32-,33-/m0/s1. The molecule has 0 saturated heterocycles. The number of H-pyrrole nitrogens is 1. The van der Waals surface area contributed by atoms with Crippen LogP contribution in [-0.4, -0.2) is 219 Å². The van der Waals surface area contributed by atoms with Crippen molar-refractivity contribution in [3.63, 3.8) is 0 Å². The third kappa shape index (κ3) is 33.6. The van der Waals surface area contributed by atoms with Crippen molar-refractivity contribution in [3.05, 3.63) is 18.2 Å². The van der Waals surface area contributed by atoms with Crippen molar-refractivity contribution < 1.29 is 77.6 Å². The van der Waals surface area contributed by atoms with Gasteiger partial charge >= 0.3 is 11.9 Å². The molecule has 1 aromatic rings. The molecule has 0 unspecified atom stereocenters. The molecule has 0 fully saturated rings. The van der Waals surface area contributed by atoms with E-state index >= 15 is 0 Å². The quantitative estimate of drug-likeness (QED) is 0.0164. The Balaban J connectivity index is 3.71. The van der Waals surface area contributed by atoms with Crippen LogP contribution in [0.5, 0.6) is 0 Å². The van der Waals surface area contributed by atoms with Crippen molar-refractivity contribution in [3.8, 4) is 0 Å². The molecule has 0 saturated carbocycles. The fraction of sp³-hybridized carbons (Fsp3) is 0.600. The average Bonchev–Trinajstić information content (AvgIpc) is 1.18. The van der Waals surface area contributed by atoms with E-state index in [2.05, 4.69) is 72.5 Å². The molecule has 0 spiro atoms. The van der Waals surface area contributed by atoms with E-state index in [1.54, 1.807) is 0 Å². The lowest BCUT2D eigenvalue weighted by atomic mass is 10.0. The molecule has 1 heterocycles. The first-order chi connectivity index (χ1) is 43.2. The predicted octanol–water partition coefficient (Wildman–Crippen LogP) is -12.0. The van der Waals surface area contributed by atoms with Crippen LogP contribution in [0.2, 0.25) is 0 Å². The molecule has 92 heavy (non-hydrogen) atoms. The number of aromatic amines is 1. The van der Waals surface area contributed by atoms with Crippen LogP contribution in [0, 0.1) is 0 Å². The van der Waals surface area contributed by atoms with Crippen molar-refractivity contribution in [2.75, 3.05) is 32.8 Å². The van der Waals surface area contributed by atoms with E-state index in [1.165, 1.54) is 19.4 Å². The lowest BCUT2D eigenvalue weighted by molar-refractivity contribution is -0.144. The SMILES string of the molecule is C[C@H](NC(=O)[C@H](CCCN=C(N)N)NC(=O)[C@H](CCCN=C(N)N)NC(=O)[C@H](CCCN=C(N)N)NC(=O)[C@H](CCC(N)=O)NC(=O)[C@@H](N)CCCN=C(N)N)C(=O)N[C@@H](Cc1cnc[nH]1)C(=O)N[C@@H](CCC(N)=O)C(=O)N[C@@H](CC(=O)O)C(=O)N[C@@H](CO)C(=O)O. The minimum Gasteiger partial charge on any atom is -0.481 e. The normalized spacial score (nSPS) is 14.0. The average molecular weight is 1310 g/mol. The lowest BCUT2D eigenvalue weighted by Crippen LogP contribution is -2.60. The summed E-state index contributed by atoms with van der Waals surface area (Å²) >= 11 is 0. The number of carbonyl (C=O) groups is 13. The Morgan fingerprint density at radius 3 is 1.12 bits per heavy atom. The van der Waals surface area contributed by atoms with Crippen LogP contribution in [0.4, 0.5) is 0 Å². The summed E-state index contributed by atoms with van der Waals surface area (Å²) in [7, 11) is 0. The summed E-state index contributed by atoms with van der Waals surface area (Å²) in [4.78, 5) is 194. The number of primary amides is 2. The number of nitrogens with one attached hydrogen (secondary N) is 10. The highest BCUT2D eigenvalue weighted by molar-refractivity contribution is 5.99. The molecule has 1 aromatic heterocycles. The fourth-order valence-electron chi connectivity index (χ4n) is 8.06. The number of aromatic nitrogens is 2. The van der Waals surface area contributed by atoms with Crippen LogP contribution in [0.15, 0.2) is 32.5 Å². The second-order valence-corrected chi connectivity index (χ2v) is 20.5. The molecular weight excluding hydrogens is 1220 g/mol. The molecule has 42 nitrogen and oxygen atoms in total. The molecule has 0 radical (unpaired) electrons. The van der Waals surface area contributed by atoms with Crippen molar-refractivity contribution >= 4 is 101 Å². The Hall–Kier alpha value is -10.7. The number of hydrogen-bond acceptors (Lipinski definition) is 20. The van der Waals surface area contributed by atoms with Crippen molar-refractivity contribution in [1.82, 2.24) is 57.8 Å². The van der Waals surface area contributed by atoms with Gasteiger partial charge in [0.2, 0.25) is 65.0 Å². The first kappa shape index (κ1) is 79.3. The molecule has 0 aliphatic heterocycles. The number of aliphatic hydroxyl groups excluding tert-OH is 1. The summed E-state index contributed by atoms with van der Waals surface area (Å²) in [6.07, 6.45) is -1.24. The van der Waals surface area contributed by atoms with Gasteiger partial charge in [0.25, 0.3) is 0 Å². The third-order valence-corrected chi connectivity index (χ3v) is 12.8. The van der Waals surface area contributed by atoms with E-state index in [0.29, 0.717) is 0 Å². The minimum atomic E-state index is -2.01. The zero-order valence-corrected chi connectivity index (χ0v) is 50.6. The highest BCUT2D eigenvalue weighted by atomic mass is 16.4. The summed E-state index contributed by atoms with van der Waals surface area (Å²) in [5, 5.41) is 49.4. The molecule has 10 atom stereocenters. The van der Waals surface area contributed by atoms with Gasteiger partial charge in [-0.3, -0.25) is 77.5 Å². The Bertz CT molecular complexity index is 2780. The van der Waals surface area contributed by atoms with E-state index in [0.717, 1.165) is 0 Å². The van der Waals surface area contributed by atoms with Gasteiger partial charge in [0.05, 0.1) is 25.4 Å². The van der Waals surface area contributed by atoms with Gasteiger partial charge in [-0.2, -0.15) is 0 Å². The molecule has 0 aliphatic rings. The molecule has 11 amide bonds. The summed E-state index contributed by atoms with van der Waals surface area (Å²) < 4.78 is 0. The van der Waals surface area contributed by atoms with Crippen LogP contribution in [0.3, 0.4) is 0 Å². The van der Waals surface area contributed by atoms with Gasteiger partial charge in [-0.15, -0.1) is 0 Å². The second-order valence-electron chi connectivity index (χ2n) is 20.5. The zero-order valence-electron chi connectivity index (χ0n) is 50.6. The van der Waals surface area contributed by atoms with Gasteiger partial charge in [-0.1, -0.05) is 0 Å². The number of guanidine groups is 4. The summed E-state index contributed by atoms with van der Waals surface area (Å²) in [5.41, 5.74) is 60.7. The Morgan fingerprint density at radius 1 is 0.446 bits per heavy atom. The van der Waals surface area contributed by atoms with E-state index in [1.807, 2.05) is 5.32 Å². The zero-order chi connectivity index (χ0) is 69.6. The number of carboxylic acid groups (broad SMARTS) is 2. The molecule has 35 N–H and O–H groups in total. The molecular formula is C50H88N26O16. The third-order valence-electron chi connectivity index (χ3n) is 12.8. The van der Waals surface area contributed by atoms with Gasteiger partial charge in [0.1, 0.15) is 54.4 Å². The molecule has 0 bridgehead atoms. The largest absolute Gasteiger partial charge is 0.481 e. The number of nitrogens with two attached hydrogens (primary N) is 11. The fourth-order valence-corrected chi connectivity index (χ4v) is 8.06. The lowest BCUT2D eigenvalue weighted by Gasteiger charge is -2.27. The van der Waals surface area contributed by atoms with Gasteiger partial charge in [-0.25, -0.2) is 9.78 Å². The highest BCUT2D eigenvalue weighted by Gasteiger charge is 2.36. The number of amides is 11. The van der Waals surface area contributed by atoms with E-state index in [9.17, 15) is 77.6 Å². The predicted molar refractivity (Wildman–Crippen MR) is 327 cm³/mol. The second kappa shape index (κ2) is 42.3. The van der Waals surface area contributed by atoms with Crippen molar-refractivity contribution in [1.29, 1.82) is 0 Å². The number of hydrogen-bond donors (Lipinski definition) is 24. The van der Waals surface area contributed by atoms with Gasteiger partial charge in [0, 0.05) is 57.3 Å². The van der Waals surface area contributed by atoms with E-state index in [-0.39, 0.29) is 113 Å². The van der Waals surface area contributed by atoms with Crippen LogP contribution in [0.1, 0.15) is 96.1 Å². The monoisotopic (exact) mass is 1310 g/mol. The molecule has 42 heteroatoms. The molecule has 0 aromatic carbocycles. The highest BCUT2D eigenvalue weighted by Crippen LogP contribution is 2.11. The number of aliphatic imine (C=N–C) groups is 4. The smallest absolute Gasteiger partial charge is 0.328 e. The Labute approximate surface area is 526 Å². The molecule has 0 aliphatic carbocycles. The Morgan fingerprint density at radius 2 is 0.772 bits per heavy atom. The molecule has 514 valence electrons. The first-order valence-electron chi connectivity index (χ1n) is 28.5. The maximum Gasteiger partial charge on any atom is 0.328 e. The van der Waals surface area contributed by atoms with Crippen LogP contribution in [0.25, 0.3) is 0 Å².